The molecule has 4 atom stereocenters. The van der Waals surface area contributed by atoms with E-state index >= 15 is 0 Å². The zero-order valence-electron chi connectivity index (χ0n) is 13.3. The SMILES string of the molecule is CC1(C)C2CCC1(C[Te](C)(Br)Cc1ccccc1)C(O)C2. The van der Waals surface area contributed by atoms with E-state index < -0.39 is 16.0 Å². The van der Waals surface area contributed by atoms with Crippen molar-refractivity contribution in [2.75, 3.05) is 0 Å². The first-order valence-corrected chi connectivity index (χ1v) is 18.8. The van der Waals surface area contributed by atoms with Gasteiger partial charge in [-0.25, -0.2) is 0 Å². The van der Waals surface area contributed by atoms with E-state index in [1.807, 2.05) is 0 Å². The molecule has 3 rings (SSSR count). The summed E-state index contributed by atoms with van der Waals surface area (Å²) in [5, 5.41) is 10.7. The Labute approximate surface area is 139 Å². The van der Waals surface area contributed by atoms with Gasteiger partial charge in [0.05, 0.1) is 0 Å². The predicted molar refractivity (Wildman–Crippen MR) is 95.1 cm³/mol. The average molecular weight is 467 g/mol. The number of aliphatic hydroxyl groups excluding tert-OH is 1. The van der Waals surface area contributed by atoms with Gasteiger partial charge in [-0.3, -0.25) is 0 Å². The quantitative estimate of drug-likeness (QED) is 0.624. The third-order valence-electron chi connectivity index (χ3n) is 6.26. The fraction of sp³-hybridized carbons (Fsp3) is 0.667. The molecule has 2 aliphatic rings. The van der Waals surface area contributed by atoms with Gasteiger partial charge in [0.2, 0.25) is 0 Å². The van der Waals surface area contributed by atoms with Crippen LogP contribution in [0.1, 0.15) is 38.7 Å². The number of hydrogen-bond acceptors (Lipinski definition) is 1. The fourth-order valence-corrected chi connectivity index (χ4v) is 17.3. The van der Waals surface area contributed by atoms with Crippen molar-refractivity contribution >= 4 is 28.7 Å². The molecule has 118 valence electrons. The van der Waals surface area contributed by atoms with Crippen molar-refractivity contribution in [2.45, 2.75) is 53.1 Å². The van der Waals surface area contributed by atoms with E-state index in [1.54, 1.807) is 0 Å². The summed E-state index contributed by atoms with van der Waals surface area (Å²) in [6.07, 6.45) is 3.50. The summed E-state index contributed by atoms with van der Waals surface area (Å²) < 4.78 is 2.45. The van der Waals surface area contributed by atoms with Gasteiger partial charge in [-0.2, -0.15) is 0 Å². The normalized spacial score (nSPS) is 38.1. The van der Waals surface area contributed by atoms with E-state index in [2.05, 4.69) is 61.9 Å². The Morgan fingerprint density at radius 1 is 1.29 bits per heavy atom. The Morgan fingerprint density at radius 2 is 1.95 bits per heavy atom. The molecule has 3 heteroatoms. The van der Waals surface area contributed by atoms with Crippen LogP contribution < -0.4 is 0 Å². The topological polar surface area (TPSA) is 20.2 Å². The minimum atomic E-state index is -2.14. The summed E-state index contributed by atoms with van der Waals surface area (Å²) in [6.45, 7) is 4.82. The maximum absolute atomic E-state index is 10.7. The first kappa shape index (κ1) is 16.3. The van der Waals surface area contributed by atoms with Crippen LogP contribution in [0.25, 0.3) is 0 Å². The number of hydrogen-bond donors (Lipinski definition) is 1. The van der Waals surface area contributed by atoms with Crippen molar-refractivity contribution in [2.24, 2.45) is 16.7 Å². The first-order valence-electron chi connectivity index (χ1n) is 7.92. The molecule has 0 saturated heterocycles. The summed E-state index contributed by atoms with van der Waals surface area (Å²) in [6, 6.07) is 10.9. The van der Waals surface area contributed by atoms with E-state index in [4.69, 9.17) is 0 Å². The van der Waals surface area contributed by atoms with Crippen LogP contribution in [0.15, 0.2) is 30.3 Å². The number of benzene rings is 1. The van der Waals surface area contributed by atoms with Crippen LogP contribution in [0.2, 0.25) is 9.44 Å². The third kappa shape index (κ3) is 2.73. The van der Waals surface area contributed by atoms with E-state index in [9.17, 15) is 5.11 Å². The van der Waals surface area contributed by atoms with Crippen molar-refractivity contribution in [3.8, 4) is 0 Å². The summed E-state index contributed by atoms with van der Waals surface area (Å²) in [5.74, 6) is 0.732. The Hall–Kier alpha value is 0.450. The van der Waals surface area contributed by atoms with Gasteiger partial charge in [0.25, 0.3) is 0 Å². The Morgan fingerprint density at radius 3 is 2.48 bits per heavy atom. The number of halogens is 1. The van der Waals surface area contributed by atoms with Crippen molar-refractivity contribution in [3.63, 3.8) is 0 Å². The molecule has 1 aromatic rings. The second kappa shape index (κ2) is 5.52. The van der Waals surface area contributed by atoms with Gasteiger partial charge in [0, 0.05) is 0 Å². The number of fused-ring (bicyclic) bond motifs is 2. The summed E-state index contributed by atoms with van der Waals surface area (Å²) in [4.78, 5) is 2.48. The molecule has 2 saturated carbocycles. The molecular formula is C18H27BrOTe. The fourth-order valence-electron chi connectivity index (χ4n) is 4.89. The molecule has 2 aliphatic carbocycles. The van der Waals surface area contributed by atoms with Crippen LogP contribution in [-0.4, -0.2) is 27.2 Å². The number of aliphatic hydroxyl groups is 1. The molecular weight excluding hydrogens is 440 g/mol. The molecule has 1 N–H and O–H groups in total. The molecule has 21 heavy (non-hydrogen) atoms. The van der Waals surface area contributed by atoms with Gasteiger partial charge in [-0.1, -0.05) is 0 Å². The van der Waals surface area contributed by atoms with Gasteiger partial charge in [-0.15, -0.1) is 0 Å². The van der Waals surface area contributed by atoms with Gasteiger partial charge in [0.15, 0.2) is 0 Å². The Kier molecular flexibility index (Phi) is 4.28. The molecule has 0 amide bonds. The summed E-state index contributed by atoms with van der Waals surface area (Å²) >= 11 is 2.04. The van der Waals surface area contributed by atoms with E-state index in [1.165, 1.54) is 27.3 Å². The molecule has 1 aromatic carbocycles. The van der Waals surface area contributed by atoms with Crippen molar-refractivity contribution in [1.82, 2.24) is 0 Å². The van der Waals surface area contributed by atoms with Gasteiger partial charge in [0.1, 0.15) is 0 Å². The monoisotopic (exact) mass is 468 g/mol. The second-order valence-corrected chi connectivity index (χ2v) is 26.5. The third-order valence-corrected chi connectivity index (χ3v) is 15.2. The minimum absolute atomic E-state index is 0.0785. The molecule has 0 heterocycles. The van der Waals surface area contributed by atoms with Crippen LogP contribution in [0.5, 0.6) is 0 Å². The van der Waals surface area contributed by atoms with Crippen molar-refractivity contribution < 1.29 is 5.11 Å². The maximum atomic E-state index is 10.7. The molecule has 0 spiro atoms. The first-order chi connectivity index (χ1) is 9.77. The van der Waals surface area contributed by atoms with Gasteiger partial charge in [-0.05, 0) is 0 Å². The van der Waals surface area contributed by atoms with E-state index in [0.717, 1.165) is 12.3 Å². The molecule has 1 nitrogen and oxygen atoms in total. The van der Waals surface area contributed by atoms with Crippen LogP contribution in [0.4, 0.5) is 0 Å². The van der Waals surface area contributed by atoms with Crippen LogP contribution >= 0.6 is 12.8 Å². The van der Waals surface area contributed by atoms with Crippen LogP contribution in [0.3, 0.4) is 0 Å². The van der Waals surface area contributed by atoms with E-state index in [-0.39, 0.29) is 11.5 Å². The van der Waals surface area contributed by atoms with Gasteiger partial charge < -0.3 is 0 Å². The molecule has 0 radical (unpaired) electrons. The zero-order valence-corrected chi connectivity index (χ0v) is 17.2. The van der Waals surface area contributed by atoms with Crippen molar-refractivity contribution in [3.05, 3.63) is 35.9 Å². The molecule has 2 bridgehead atoms. The standard InChI is InChI=1S/C18H27BrOTe/c1-17(2)15-9-10-18(17,16(20)11-15)13-21(3,19)12-14-7-5-4-6-8-14/h4-8,15-16,20H,9-13H2,1-3H3. The Balaban J connectivity index is 1.81. The van der Waals surface area contributed by atoms with E-state index in [0.29, 0.717) is 5.41 Å². The molecule has 4 unspecified atom stereocenters. The van der Waals surface area contributed by atoms with Crippen LogP contribution in [0, 0.1) is 16.7 Å². The van der Waals surface area contributed by atoms with Gasteiger partial charge >= 0.3 is 140 Å². The van der Waals surface area contributed by atoms with Crippen LogP contribution in [-0.2, 0) is 4.47 Å². The second-order valence-electron chi connectivity index (χ2n) is 7.79. The zero-order chi connectivity index (χ0) is 15.3. The molecule has 2 fully saturated rings. The van der Waals surface area contributed by atoms with Crippen molar-refractivity contribution in [1.29, 1.82) is 0 Å². The Bertz CT molecular complexity index is 513. The predicted octanol–water partition coefficient (Wildman–Crippen LogP) is 4.93. The average Bonchev–Trinajstić information content (AvgIpc) is 2.72. The summed E-state index contributed by atoms with van der Waals surface area (Å²) in [7, 11) is 0. The molecule has 0 aromatic heterocycles. The summed E-state index contributed by atoms with van der Waals surface area (Å²) in [5.41, 5.74) is 1.94. The molecule has 0 aliphatic heterocycles. The number of rotatable bonds is 4.